The number of nitrogens with zero attached hydrogens (tertiary/aromatic N) is 2. The molecule has 0 aliphatic heterocycles. The van der Waals surface area contributed by atoms with Crippen LogP contribution in [0.25, 0.3) is 5.69 Å². The Morgan fingerprint density at radius 2 is 1.77 bits per heavy atom. The van der Waals surface area contributed by atoms with Crippen LogP contribution in [-0.2, 0) is 10.0 Å². The minimum absolute atomic E-state index is 0.00439. The highest BCUT2D eigenvalue weighted by Gasteiger charge is 2.26. The van der Waals surface area contributed by atoms with E-state index in [9.17, 15) is 27.5 Å². The summed E-state index contributed by atoms with van der Waals surface area (Å²) in [4.78, 5) is 24.2. The van der Waals surface area contributed by atoms with Crippen LogP contribution in [0, 0.1) is 19.7 Å². The maximum Gasteiger partial charge on any atom is 0.356 e. The second kappa shape index (κ2) is 11.7. The van der Waals surface area contributed by atoms with Gasteiger partial charge in [0.25, 0.3) is 5.91 Å². The molecular weight excluding hydrogens is 539 g/mol. The zero-order valence-electron chi connectivity index (χ0n) is 21.9. The number of rotatable bonds is 10. The van der Waals surface area contributed by atoms with Gasteiger partial charge in [-0.05, 0) is 68.8 Å². The summed E-state index contributed by atoms with van der Waals surface area (Å²) >= 11 is 0. The fraction of sp³-hybridized carbons (Fsp3) is 0.179. The maximum absolute atomic E-state index is 13.6. The van der Waals surface area contributed by atoms with Gasteiger partial charge in [0.1, 0.15) is 16.5 Å². The van der Waals surface area contributed by atoms with E-state index in [1.54, 1.807) is 19.1 Å². The highest BCUT2D eigenvalue weighted by Crippen LogP contribution is 2.35. The minimum atomic E-state index is -4.14. The van der Waals surface area contributed by atoms with Crippen LogP contribution in [0.15, 0.2) is 71.6 Å². The molecule has 0 radical (unpaired) electrons. The van der Waals surface area contributed by atoms with Gasteiger partial charge in [0.05, 0.1) is 5.69 Å². The van der Waals surface area contributed by atoms with E-state index in [2.05, 4.69) is 15.1 Å². The summed E-state index contributed by atoms with van der Waals surface area (Å²) < 4.78 is 50.0. The van der Waals surface area contributed by atoms with Crippen molar-refractivity contribution >= 4 is 27.6 Å². The predicted octanol–water partition coefficient (Wildman–Crippen LogP) is 5.06. The van der Waals surface area contributed by atoms with Crippen molar-refractivity contribution in [2.24, 2.45) is 0 Å². The molecule has 0 bridgehead atoms. The van der Waals surface area contributed by atoms with E-state index in [1.165, 1.54) is 48.0 Å². The number of aromatic carboxylic acids is 1. The van der Waals surface area contributed by atoms with Gasteiger partial charge in [-0.2, -0.15) is 9.78 Å². The third-order valence-electron chi connectivity index (χ3n) is 5.88. The van der Waals surface area contributed by atoms with Crippen molar-refractivity contribution < 1.29 is 32.2 Å². The molecule has 1 heterocycles. The van der Waals surface area contributed by atoms with Crippen molar-refractivity contribution in [3.8, 4) is 17.3 Å². The fourth-order valence-corrected chi connectivity index (χ4v) is 5.08. The molecule has 0 atom stereocenters. The Balaban J connectivity index is 1.79. The van der Waals surface area contributed by atoms with Crippen LogP contribution in [0.4, 0.5) is 10.1 Å². The van der Waals surface area contributed by atoms with Crippen LogP contribution in [0.2, 0.25) is 0 Å². The molecule has 0 aliphatic rings. The van der Waals surface area contributed by atoms with E-state index >= 15 is 0 Å². The summed E-state index contributed by atoms with van der Waals surface area (Å²) in [5.41, 5.74) is 1.56. The maximum atomic E-state index is 13.6. The molecule has 4 rings (SSSR count). The van der Waals surface area contributed by atoms with Gasteiger partial charge in [-0.1, -0.05) is 30.7 Å². The van der Waals surface area contributed by atoms with Crippen molar-refractivity contribution in [1.82, 2.24) is 14.5 Å². The molecule has 10 nitrogen and oxygen atoms in total. The second-order valence-electron chi connectivity index (χ2n) is 8.96. The van der Waals surface area contributed by atoms with Gasteiger partial charge in [-0.15, -0.1) is 0 Å². The van der Waals surface area contributed by atoms with E-state index in [4.69, 9.17) is 4.74 Å². The van der Waals surface area contributed by atoms with Crippen molar-refractivity contribution in [2.45, 2.75) is 32.1 Å². The first-order chi connectivity index (χ1) is 19.0. The number of sulfonamides is 1. The average molecular weight is 567 g/mol. The topological polar surface area (TPSA) is 140 Å². The zero-order chi connectivity index (χ0) is 29.0. The van der Waals surface area contributed by atoms with Crippen molar-refractivity contribution in [3.05, 3.63) is 94.9 Å². The quantitative estimate of drug-likeness (QED) is 0.244. The van der Waals surface area contributed by atoms with Crippen LogP contribution in [-0.4, -0.2) is 41.7 Å². The molecule has 208 valence electrons. The van der Waals surface area contributed by atoms with Gasteiger partial charge in [-0.25, -0.2) is 22.3 Å². The smallest absolute Gasteiger partial charge is 0.356 e. The lowest BCUT2D eigenvalue weighted by Gasteiger charge is -2.16. The summed E-state index contributed by atoms with van der Waals surface area (Å²) in [6.45, 7) is 5.35. The van der Waals surface area contributed by atoms with Crippen LogP contribution in [0.5, 0.6) is 11.6 Å². The van der Waals surface area contributed by atoms with Crippen LogP contribution >= 0.6 is 0 Å². The summed E-state index contributed by atoms with van der Waals surface area (Å²) in [6, 6.07) is 16.1. The number of benzene rings is 3. The van der Waals surface area contributed by atoms with Gasteiger partial charge in [0.2, 0.25) is 15.9 Å². The number of carbonyl (C=O) groups is 2. The lowest BCUT2D eigenvalue weighted by atomic mass is 10.2. The lowest BCUT2D eigenvalue weighted by molar-refractivity contribution is 0.0689. The molecule has 3 N–H and O–H groups in total. The first-order valence-corrected chi connectivity index (χ1v) is 13.8. The molecule has 0 fully saturated rings. The van der Waals surface area contributed by atoms with Crippen LogP contribution in [0.3, 0.4) is 0 Å². The SMILES string of the molecule is CCCNS(=O)(=O)c1cc(NC(=O)c2cccc(F)c2)ccc1Oc1c(C)c(C(=O)O)nn1-c1ccc(C)cc1. The Labute approximate surface area is 230 Å². The summed E-state index contributed by atoms with van der Waals surface area (Å²) in [5.74, 6) is -2.63. The van der Waals surface area contributed by atoms with Crippen molar-refractivity contribution in [3.63, 3.8) is 0 Å². The van der Waals surface area contributed by atoms with Gasteiger partial charge in [0.15, 0.2) is 5.69 Å². The molecule has 4 aromatic rings. The number of halogens is 1. The molecule has 12 heteroatoms. The Hall–Kier alpha value is -4.55. The monoisotopic (exact) mass is 566 g/mol. The van der Waals surface area contributed by atoms with E-state index in [0.717, 1.165) is 11.6 Å². The molecule has 0 saturated heterocycles. The van der Waals surface area contributed by atoms with Crippen LogP contribution in [0.1, 0.15) is 45.3 Å². The summed E-state index contributed by atoms with van der Waals surface area (Å²) in [5, 5.41) is 16.4. The first-order valence-electron chi connectivity index (χ1n) is 12.3. The molecule has 0 aliphatic carbocycles. The number of aromatic nitrogens is 2. The number of anilines is 1. The molecule has 0 saturated carbocycles. The Kier molecular flexibility index (Phi) is 8.31. The molecule has 1 amide bonds. The number of carbonyl (C=O) groups excluding carboxylic acids is 1. The zero-order valence-corrected chi connectivity index (χ0v) is 22.8. The lowest BCUT2D eigenvalue weighted by Crippen LogP contribution is -2.25. The van der Waals surface area contributed by atoms with Gasteiger partial charge < -0.3 is 15.2 Å². The molecule has 0 unspecified atom stereocenters. The van der Waals surface area contributed by atoms with Crippen molar-refractivity contribution in [1.29, 1.82) is 0 Å². The average Bonchev–Trinajstić information content (AvgIpc) is 3.24. The van der Waals surface area contributed by atoms with E-state index in [0.29, 0.717) is 12.1 Å². The Morgan fingerprint density at radius 1 is 1.05 bits per heavy atom. The van der Waals surface area contributed by atoms with E-state index < -0.39 is 27.7 Å². The second-order valence-corrected chi connectivity index (χ2v) is 10.7. The summed E-state index contributed by atoms with van der Waals surface area (Å²) in [7, 11) is -4.14. The highest BCUT2D eigenvalue weighted by atomic mass is 32.2. The number of amides is 1. The summed E-state index contributed by atoms with van der Waals surface area (Å²) in [6.07, 6.45) is 0.521. The fourth-order valence-electron chi connectivity index (χ4n) is 3.80. The number of hydrogen-bond acceptors (Lipinski definition) is 6. The number of ether oxygens (including phenoxy) is 1. The number of carboxylic acids is 1. The van der Waals surface area contributed by atoms with Gasteiger partial charge in [0, 0.05) is 23.4 Å². The van der Waals surface area contributed by atoms with Crippen molar-refractivity contribution in [2.75, 3.05) is 11.9 Å². The van der Waals surface area contributed by atoms with E-state index in [-0.39, 0.29) is 45.6 Å². The molecule has 3 aromatic carbocycles. The number of carboxylic acid groups (broad SMARTS) is 1. The minimum Gasteiger partial charge on any atom is -0.476 e. The molecular formula is C28H27FN4O6S. The van der Waals surface area contributed by atoms with E-state index in [1.807, 2.05) is 19.1 Å². The van der Waals surface area contributed by atoms with Gasteiger partial charge in [-0.3, -0.25) is 4.79 Å². The van der Waals surface area contributed by atoms with Crippen LogP contribution < -0.4 is 14.8 Å². The largest absolute Gasteiger partial charge is 0.476 e. The number of nitrogens with one attached hydrogen (secondary N) is 2. The highest BCUT2D eigenvalue weighted by molar-refractivity contribution is 7.89. The predicted molar refractivity (Wildman–Crippen MR) is 146 cm³/mol. The molecule has 40 heavy (non-hydrogen) atoms. The Bertz CT molecular complexity index is 1680. The molecule has 1 aromatic heterocycles. The third kappa shape index (κ3) is 6.19. The number of aryl methyl sites for hydroxylation is 1. The first kappa shape index (κ1) is 28.5. The standard InChI is InChI=1S/C28H27FN4O6S/c1-4-14-30-40(37,38)24-16-21(31-26(34)19-6-5-7-20(29)15-19)10-13-23(24)39-27-18(3)25(28(35)36)32-33(27)22-11-8-17(2)9-12-22/h5-13,15-16,30H,4,14H2,1-3H3,(H,31,34)(H,35,36). The number of hydrogen-bond donors (Lipinski definition) is 3. The Morgan fingerprint density at radius 3 is 2.42 bits per heavy atom. The molecule has 0 spiro atoms. The van der Waals surface area contributed by atoms with Gasteiger partial charge >= 0.3 is 5.97 Å². The normalized spacial score (nSPS) is 11.3. The third-order valence-corrected chi connectivity index (χ3v) is 7.36.